The molecule has 1 heterocycles. The van der Waals surface area contributed by atoms with Crippen molar-refractivity contribution in [2.24, 2.45) is 0 Å². The van der Waals surface area contributed by atoms with E-state index in [1.54, 1.807) is 6.92 Å². The van der Waals surface area contributed by atoms with E-state index in [-0.39, 0.29) is 31.6 Å². The smallest absolute Gasteiger partial charge is 0.246 e. The van der Waals surface area contributed by atoms with Crippen molar-refractivity contribution < 1.29 is 22.3 Å². The minimum atomic E-state index is -4.16. The molecule has 3 N–H and O–H groups in total. The fraction of sp³-hybridized carbons (Fsp3) is 0.500. The fourth-order valence-electron chi connectivity index (χ4n) is 2.12. The molecule has 5 nitrogen and oxygen atoms in total. The summed E-state index contributed by atoms with van der Waals surface area (Å²) in [7, 11) is -4.16. The van der Waals surface area contributed by atoms with Crippen molar-refractivity contribution in [3.63, 3.8) is 0 Å². The average Bonchev–Trinajstić information content (AvgIpc) is 2.33. The molecule has 0 unspecified atom stereocenters. The number of anilines is 1. The maximum absolute atomic E-state index is 13.7. The second-order valence-corrected chi connectivity index (χ2v) is 7.12. The standard InChI is InChI=1S/C12H16F2N2O3S/c1-12(17)2-4-16(5-3-12)20(18,19)10-7-8(15)6-9(13)11(10)14/h6-7,17H,2-5,15H2,1H3. The van der Waals surface area contributed by atoms with Crippen molar-refractivity contribution in [3.05, 3.63) is 23.8 Å². The van der Waals surface area contributed by atoms with E-state index in [1.165, 1.54) is 0 Å². The third kappa shape index (κ3) is 2.77. The number of aliphatic hydroxyl groups is 1. The molecule has 0 atom stereocenters. The number of piperidine rings is 1. The lowest BCUT2D eigenvalue weighted by Crippen LogP contribution is -2.45. The van der Waals surface area contributed by atoms with Crippen LogP contribution in [-0.4, -0.2) is 36.5 Å². The van der Waals surface area contributed by atoms with Gasteiger partial charge < -0.3 is 10.8 Å². The Morgan fingerprint density at radius 2 is 1.85 bits per heavy atom. The molecule has 2 rings (SSSR count). The van der Waals surface area contributed by atoms with E-state index < -0.39 is 32.2 Å². The van der Waals surface area contributed by atoms with Crippen LogP contribution in [0.1, 0.15) is 19.8 Å². The van der Waals surface area contributed by atoms with Crippen LogP contribution in [0.15, 0.2) is 17.0 Å². The monoisotopic (exact) mass is 306 g/mol. The van der Waals surface area contributed by atoms with Gasteiger partial charge in [0.1, 0.15) is 4.90 Å². The first-order chi connectivity index (χ1) is 9.13. The van der Waals surface area contributed by atoms with Gasteiger partial charge in [0.2, 0.25) is 10.0 Å². The summed E-state index contributed by atoms with van der Waals surface area (Å²) in [4.78, 5) is -0.767. The van der Waals surface area contributed by atoms with Crippen molar-refractivity contribution in [2.45, 2.75) is 30.3 Å². The lowest BCUT2D eigenvalue weighted by molar-refractivity contribution is 0.0125. The highest BCUT2D eigenvalue weighted by Gasteiger charge is 2.35. The van der Waals surface area contributed by atoms with Gasteiger partial charge in [0.15, 0.2) is 11.6 Å². The zero-order valence-corrected chi connectivity index (χ0v) is 11.8. The highest BCUT2D eigenvalue weighted by atomic mass is 32.2. The fourth-order valence-corrected chi connectivity index (χ4v) is 3.67. The summed E-state index contributed by atoms with van der Waals surface area (Å²) in [6.45, 7) is 1.70. The first-order valence-corrected chi connectivity index (χ1v) is 7.54. The number of nitrogen functional groups attached to an aromatic ring is 1. The molecule has 0 spiro atoms. The van der Waals surface area contributed by atoms with Crippen molar-refractivity contribution in [1.82, 2.24) is 4.31 Å². The first kappa shape index (κ1) is 15.1. The van der Waals surface area contributed by atoms with E-state index in [1.807, 2.05) is 0 Å². The van der Waals surface area contributed by atoms with Gasteiger partial charge in [0.05, 0.1) is 5.60 Å². The molecule has 0 radical (unpaired) electrons. The number of nitrogens with two attached hydrogens (primary N) is 1. The molecule has 0 aliphatic carbocycles. The molecular formula is C12H16F2N2O3S. The molecule has 0 amide bonds. The van der Waals surface area contributed by atoms with Crippen molar-refractivity contribution in [1.29, 1.82) is 0 Å². The largest absolute Gasteiger partial charge is 0.399 e. The Hall–Kier alpha value is -1.25. The molecule has 0 bridgehead atoms. The molecule has 1 aromatic carbocycles. The quantitative estimate of drug-likeness (QED) is 0.801. The Labute approximate surface area is 116 Å². The van der Waals surface area contributed by atoms with Crippen molar-refractivity contribution in [2.75, 3.05) is 18.8 Å². The summed E-state index contributed by atoms with van der Waals surface area (Å²) < 4.78 is 52.6. The van der Waals surface area contributed by atoms with Crippen LogP contribution in [0.3, 0.4) is 0 Å². The normalized spacial score (nSPS) is 20.0. The molecule has 0 aromatic heterocycles. The summed E-state index contributed by atoms with van der Waals surface area (Å²) in [5.74, 6) is -2.73. The molecule has 112 valence electrons. The number of nitrogens with zero attached hydrogens (tertiary/aromatic N) is 1. The molecule has 1 aromatic rings. The van der Waals surface area contributed by atoms with Gasteiger partial charge in [-0.05, 0) is 31.9 Å². The van der Waals surface area contributed by atoms with E-state index in [4.69, 9.17) is 5.73 Å². The number of rotatable bonds is 2. The molecule has 1 fully saturated rings. The van der Waals surface area contributed by atoms with Crippen molar-refractivity contribution >= 4 is 15.7 Å². The van der Waals surface area contributed by atoms with Gasteiger partial charge in [-0.3, -0.25) is 0 Å². The van der Waals surface area contributed by atoms with Gasteiger partial charge in [-0.1, -0.05) is 0 Å². The SMILES string of the molecule is CC1(O)CCN(S(=O)(=O)c2cc(N)cc(F)c2F)CC1. The summed E-state index contributed by atoms with van der Waals surface area (Å²) in [6.07, 6.45) is 0.470. The number of hydrogen-bond acceptors (Lipinski definition) is 4. The Balaban J connectivity index is 2.37. The summed E-state index contributed by atoms with van der Waals surface area (Å²) in [6, 6.07) is 1.63. The van der Waals surface area contributed by atoms with E-state index in [0.29, 0.717) is 0 Å². The molecule has 0 saturated carbocycles. The number of benzene rings is 1. The lowest BCUT2D eigenvalue weighted by atomic mass is 9.95. The number of hydrogen-bond donors (Lipinski definition) is 2. The number of sulfonamides is 1. The Bertz CT molecular complexity index is 622. The molecule has 20 heavy (non-hydrogen) atoms. The molecule has 1 aliphatic rings. The molecule has 1 aliphatic heterocycles. The molecule has 1 saturated heterocycles. The van der Waals surface area contributed by atoms with Crippen LogP contribution < -0.4 is 5.73 Å². The molecule has 8 heteroatoms. The van der Waals surface area contributed by atoms with E-state index >= 15 is 0 Å². The average molecular weight is 306 g/mol. The van der Waals surface area contributed by atoms with Gasteiger partial charge in [-0.25, -0.2) is 17.2 Å². The second kappa shape index (κ2) is 4.94. The van der Waals surface area contributed by atoms with Gasteiger partial charge in [-0.2, -0.15) is 4.31 Å². The predicted octanol–water partition coefficient (Wildman–Crippen LogP) is 1.08. The first-order valence-electron chi connectivity index (χ1n) is 6.10. The Kier molecular flexibility index (Phi) is 3.74. The van der Waals surface area contributed by atoms with Crippen LogP contribution in [0.4, 0.5) is 14.5 Å². The van der Waals surface area contributed by atoms with Crippen LogP contribution in [0, 0.1) is 11.6 Å². The maximum atomic E-state index is 13.7. The van der Waals surface area contributed by atoms with Gasteiger partial charge in [0.25, 0.3) is 0 Å². The summed E-state index contributed by atoms with van der Waals surface area (Å²) in [5, 5.41) is 9.80. The van der Waals surface area contributed by atoms with Crippen molar-refractivity contribution in [3.8, 4) is 0 Å². The zero-order valence-electron chi connectivity index (χ0n) is 10.9. The summed E-state index contributed by atoms with van der Waals surface area (Å²) >= 11 is 0. The third-order valence-electron chi connectivity index (χ3n) is 3.43. The van der Waals surface area contributed by atoms with E-state index in [0.717, 1.165) is 16.4 Å². The van der Waals surface area contributed by atoms with Gasteiger partial charge in [0, 0.05) is 18.8 Å². The molecular weight excluding hydrogens is 290 g/mol. The third-order valence-corrected chi connectivity index (χ3v) is 5.33. The zero-order chi connectivity index (χ0) is 15.1. The Morgan fingerprint density at radius 3 is 2.40 bits per heavy atom. The lowest BCUT2D eigenvalue weighted by Gasteiger charge is -2.35. The second-order valence-electron chi connectivity index (χ2n) is 5.22. The van der Waals surface area contributed by atoms with Gasteiger partial charge in [-0.15, -0.1) is 0 Å². The van der Waals surface area contributed by atoms with E-state index in [2.05, 4.69) is 0 Å². The van der Waals surface area contributed by atoms with E-state index in [9.17, 15) is 22.3 Å². The van der Waals surface area contributed by atoms with Crippen LogP contribution in [-0.2, 0) is 10.0 Å². The topological polar surface area (TPSA) is 83.6 Å². The minimum Gasteiger partial charge on any atom is -0.399 e. The van der Waals surface area contributed by atoms with Crippen LogP contribution in [0.5, 0.6) is 0 Å². The highest BCUT2D eigenvalue weighted by Crippen LogP contribution is 2.29. The van der Waals surface area contributed by atoms with Crippen LogP contribution in [0.25, 0.3) is 0 Å². The Morgan fingerprint density at radius 1 is 1.30 bits per heavy atom. The number of halogens is 2. The van der Waals surface area contributed by atoms with Crippen LogP contribution >= 0.6 is 0 Å². The summed E-state index contributed by atoms with van der Waals surface area (Å²) in [5.41, 5.74) is 4.27. The highest BCUT2D eigenvalue weighted by molar-refractivity contribution is 7.89. The van der Waals surface area contributed by atoms with Crippen LogP contribution in [0.2, 0.25) is 0 Å². The van der Waals surface area contributed by atoms with Gasteiger partial charge >= 0.3 is 0 Å². The predicted molar refractivity (Wildman–Crippen MR) is 69.4 cm³/mol. The maximum Gasteiger partial charge on any atom is 0.246 e. The minimum absolute atomic E-state index is 0.0468.